The van der Waals surface area contributed by atoms with Gasteiger partial charge in [-0.3, -0.25) is 4.90 Å². The fraction of sp³-hybridized carbons (Fsp3) is 0.324. The van der Waals surface area contributed by atoms with Crippen molar-refractivity contribution in [1.82, 2.24) is 24.8 Å². The summed E-state index contributed by atoms with van der Waals surface area (Å²) in [5.74, 6) is 1.90. The Labute approximate surface area is 262 Å². The fourth-order valence-electron chi connectivity index (χ4n) is 7.15. The Morgan fingerprint density at radius 3 is 2.04 bits per heavy atom. The van der Waals surface area contributed by atoms with E-state index in [4.69, 9.17) is 14.7 Å². The lowest BCUT2D eigenvalue weighted by Crippen LogP contribution is -2.82. The first-order chi connectivity index (χ1) is 21.8. The van der Waals surface area contributed by atoms with E-state index in [1.807, 2.05) is 25.7 Å². The van der Waals surface area contributed by atoms with Gasteiger partial charge in [0.2, 0.25) is 0 Å². The van der Waals surface area contributed by atoms with Crippen molar-refractivity contribution in [3.05, 3.63) is 84.4 Å². The Balaban J connectivity index is 1.13. The molecule has 0 saturated carbocycles. The highest BCUT2D eigenvalue weighted by Crippen LogP contribution is 2.38. The van der Waals surface area contributed by atoms with Crippen LogP contribution in [0.3, 0.4) is 0 Å². The molecule has 0 radical (unpaired) electrons. The molecule has 2 atom stereocenters. The highest BCUT2D eigenvalue weighted by atomic mass is 16.6. The molecule has 2 saturated heterocycles. The summed E-state index contributed by atoms with van der Waals surface area (Å²) in [5, 5.41) is 4.80. The number of H-pyrrole nitrogens is 2. The SMILES string of the molecule is CC(C)(C)OC(=O)N1CCC[C@H]1c1nc2ccc(-c3cccc4c(-c5ccc6nc([C@@H]7CCC[NH2+]7)[nH]c6c5)cccc34)cc2[nH]1. The van der Waals surface area contributed by atoms with Gasteiger partial charge in [-0.2, -0.15) is 0 Å². The molecule has 0 unspecified atom stereocenters. The molecule has 2 aromatic heterocycles. The Morgan fingerprint density at radius 2 is 1.44 bits per heavy atom. The smallest absolute Gasteiger partial charge is 0.410 e. The van der Waals surface area contributed by atoms with E-state index in [-0.39, 0.29) is 12.1 Å². The van der Waals surface area contributed by atoms with Crippen LogP contribution in [0.15, 0.2) is 72.8 Å². The molecule has 228 valence electrons. The standard InChI is InChI=1S/C37H38N6O2/c1-37(2,3)45-36(44)43-19-7-13-33(43)35-40-29-17-15-23(21-32(29)42-35)25-9-5-10-26-24(8-4-11-27(25)26)22-14-16-28-31(20-22)41-34(39-28)30-12-6-18-38-30/h4-5,8-11,14-17,20-21,30,33,38H,6-7,12-13,18-19H2,1-3H3,(H,39,41)(H,40,42)/p+1/t30-,33-/m0/s1. The summed E-state index contributed by atoms with van der Waals surface area (Å²) in [6, 6.07) is 26.4. The van der Waals surface area contributed by atoms with Gasteiger partial charge in [-0.15, -0.1) is 0 Å². The first-order valence-electron chi connectivity index (χ1n) is 16.2. The zero-order valence-corrected chi connectivity index (χ0v) is 26.1. The minimum Gasteiger partial charge on any atom is -0.444 e. The molecule has 4 N–H and O–H groups in total. The number of likely N-dealkylation sites (tertiary alicyclic amines) is 1. The third-order valence-corrected chi connectivity index (χ3v) is 9.26. The van der Waals surface area contributed by atoms with Crippen LogP contribution >= 0.6 is 0 Å². The number of hydrogen-bond acceptors (Lipinski definition) is 4. The lowest BCUT2D eigenvalue weighted by molar-refractivity contribution is -0.677. The number of aromatic amines is 2. The minimum atomic E-state index is -0.533. The van der Waals surface area contributed by atoms with E-state index in [0.29, 0.717) is 12.6 Å². The van der Waals surface area contributed by atoms with Crippen molar-refractivity contribution in [2.45, 2.75) is 64.1 Å². The maximum Gasteiger partial charge on any atom is 0.410 e. The predicted octanol–water partition coefficient (Wildman–Crippen LogP) is 7.40. The van der Waals surface area contributed by atoms with Crippen LogP contribution in [0.4, 0.5) is 4.79 Å². The molecule has 6 aromatic rings. The van der Waals surface area contributed by atoms with Gasteiger partial charge in [-0.05, 0) is 90.9 Å². The van der Waals surface area contributed by atoms with Crippen LogP contribution < -0.4 is 5.32 Å². The molecule has 45 heavy (non-hydrogen) atoms. The van der Waals surface area contributed by atoms with Crippen molar-refractivity contribution in [1.29, 1.82) is 0 Å². The van der Waals surface area contributed by atoms with Crippen LogP contribution in [-0.4, -0.2) is 49.6 Å². The molecule has 8 nitrogen and oxygen atoms in total. The molecule has 4 aromatic carbocycles. The number of benzene rings is 4. The first kappa shape index (κ1) is 27.8. The van der Waals surface area contributed by atoms with Crippen molar-refractivity contribution in [3.63, 3.8) is 0 Å². The van der Waals surface area contributed by atoms with Gasteiger partial charge in [0.25, 0.3) is 0 Å². The van der Waals surface area contributed by atoms with Crippen LogP contribution in [-0.2, 0) is 4.74 Å². The minimum absolute atomic E-state index is 0.115. The Kier molecular flexibility index (Phi) is 6.64. The monoisotopic (exact) mass is 599 g/mol. The number of aromatic nitrogens is 4. The van der Waals surface area contributed by atoms with E-state index in [1.165, 1.54) is 46.8 Å². The third kappa shape index (κ3) is 5.13. The van der Waals surface area contributed by atoms with Crippen LogP contribution in [0.25, 0.3) is 55.1 Å². The number of hydrogen-bond donors (Lipinski definition) is 3. The second kappa shape index (κ2) is 10.7. The average Bonchev–Trinajstić information content (AvgIpc) is 3.84. The average molecular weight is 600 g/mol. The van der Waals surface area contributed by atoms with E-state index >= 15 is 0 Å². The molecule has 4 heterocycles. The van der Waals surface area contributed by atoms with Crippen LogP contribution in [0.1, 0.15) is 70.2 Å². The molecule has 8 heteroatoms. The predicted molar refractivity (Wildman–Crippen MR) is 178 cm³/mol. The van der Waals surface area contributed by atoms with E-state index in [1.54, 1.807) is 0 Å². The van der Waals surface area contributed by atoms with Crippen molar-refractivity contribution >= 4 is 38.9 Å². The van der Waals surface area contributed by atoms with E-state index < -0.39 is 5.60 Å². The molecular weight excluding hydrogens is 560 g/mol. The normalized spacial score (nSPS) is 18.9. The number of ether oxygens (including phenoxy) is 1. The summed E-state index contributed by atoms with van der Waals surface area (Å²) in [7, 11) is 0. The lowest BCUT2D eigenvalue weighted by atomic mass is 9.93. The van der Waals surface area contributed by atoms with Gasteiger partial charge in [-0.1, -0.05) is 48.5 Å². The van der Waals surface area contributed by atoms with E-state index in [2.05, 4.69) is 88.1 Å². The number of carbonyl (C=O) groups excluding carboxylic acids is 1. The fourth-order valence-corrected chi connectivity index (χ4v) is 7.15. The van der Waals surface area contributed by atoms with Crippen molar-refractivity contribution in [3.8, 4) is 22.3 Å². The van der Waals surface area contributed by atoms with Gasteiger partial charge in [0.1, 0.15) is 17.5 Å². The van der Waals surface area contributed by atoms with Crippen LogP contribution in [0, 0.1) is 0 Å². The molecule has 2 aliphatic rings. The number of nitrogens with zero attached hydrogens (tertiary/aromatic N) is 3. The van der Waals surface area contributed by atoms with E-state index in [0.717, 1.165) is 52.1 Å². The molecule has 2 aliphatic heterocycles. The summed E-state index contributed by atoms with van der Waals surface area (Å²) in [5.41, 5.74) is 8.11. The summed E-state index contributed by atoms with van der Waals surface area (Å²) < 4.78 is 5.69. The van der Waals surface area contributed by atoms with Gasteiger partial charge >= 0.3 is 6.09 Å². The highest BCUT2D eigenvalue weighted by Gasteiger charge is 2.35. The topological polar surface area (TPSA) is 104 Å². The van der Waals surface area contributed by atoms with Gasteiger partial charge in [-0.25, -0.2) is 14.8 Å². The Morgan fingerprint density at radius 1 is 0.822 bits per heavy atom. The second-order valence-electron chi connectivity index (χ2n) is 13.5. The molecular formula is C37H39N6O2+. The summed E-state index contributed by atoms with van der Waals surface area (Å²) >= 11 is 0. The molecule has 1 amide bonds. The Hall–Kier alpha value is -4.69. The largest absolute Gasteiger partial charge is 0.444 e. The number of fused-ring (bicyclic) bond motifs is 3. The van der Waals surface area contributed by atoms with Gasteiger partial charge < -0.3 is 20.0 Å². The number of rotatable bonds is 4. The van der Waals surface area contributed by atoms with Gasteiger partial charge in [0, 0.05) is 19.4 Å². The number of quaternary nitrogens is 1. The number of amides is 1. The van der Waals surface area contributed by atoms with Crippen molar-refractivity contribution in [2.75, 3.05) is 13.1 Å². The maximum atomic E-state index is 12.9. The second-order valence-corrected chi connectivity index (χ2v) is 13.5. The lowest BCUT2D eigenvalue weighted by Gasteiger charge is -2.27. The molecule has 0 spiro atoms. The van der Waals surface area contributed by atoms with E-state index in [9.17, 15) is 4.79 Å². The molecule has 8 rings (SSSR count). The van der Waals surface area contributed by atoms with Gasteiger partial charge in [0.15, 0.2) is 5.82 Å². The number of nitrogens with one attached hydrogen (secondary N) is 2. The highest BCUT2D eigenvalue weighted by molar-refractivity contribution is 6.05. The number of nitrogens with two attached hydrogens (primary N) is 1. The summed E-state index contributed by atoms with van der Waals surface area (Å²) in [4.78, 5) is 31.7. The van der Waals surface area contributed by atoms with Crippen LogP contribution in [0.2, 0.25) is 0 Å². The molecule has 0 bridgehead atoms. The first-order valence-corrected chi connectivity index (χ1v) is 16.2. The van der Waals surface area contributed by atoms with Crippen LogP contribution in [0.5, 0.6) is 0 Å². The maximum absolute atomic E-state index is 12.9. The third-order valence-electron chi connectivity index (χ3n) is 9.26. The quantitative estimate of drug-likeness (QED) is 0.196. The number of imidazole rings is 2. The Bertz CT molecular complexity index is 2060. The zero-order chi connectivity index (χ0) is 30.7. The molecule has 0 aliphatic carbocycles. The van der Waals surface area contributed by atoms with Gasteiger partial charge in [0.05, 0.1) is 34.7 Å². The summed E-state index contributed by atoms with van der Waals surface area (Å²) in [6.45, 7) is 7.55. The zero-order valence-electron chi connectivity index (χ0n) is 26.1. The van der Waals surface area contributed by atoms with Crippen molar-refractivity contribution < 1.29 is 14.8 Å². The molecule has 2 fully saturated rings. The summed E-state index contributed by atoms with van der Waals surface area (Å²) in [6.07, 6.45) is 3.93. The van der Waals surface area contributed by atoms with Crippen molar-refractivity contribution in [2.24, 2.45) is 0 Å². The number of carbonyl (C=O) groups is 1.